The molecule has 4 heterocycles. The molecule has 0 bridgehead atoms. The summed E-state index contributed by atoms with van der Waals surface area (Å²) in [7, 11) is 0. The Balaban J connectivity index is 1.47. The van der Waals surface area contributed by atoms with Crippen molar-refractivity contribution in [1.82, 2.24) is 9.13 Å². The fraction of sp³-hybridized carbons (Fsp3) is 0.300. The van der Waals surface area contributed by atoms with Crippen LogP contribution in [-0.2, 0) is 17.3 Å². The Morgan fingerprint density at radius 2 is 1.19 bits per heavy atom. The van der Waals surface area contributed by atoms with Crippen LogP contribution in [-0.4, -0.2) is 9.13 Å². The van der Waals surface area contributed by atoms with E-state index in [0.717, 1.165) is 6.42 Å². The van der Waals surface area contributed by atoms with Gasteiger partial charge in [0.1, 0.15) is 0 Å². The maximum atomic E-state index is 2.62. The van der Waals surface area contributed by atoms with Crippen molar-refractivity contribution in [3.63, 3.8) is 0 Å². The summed E-state index contributed by atoms with van der Waals surface area (Å²) in [4.78, 5) is 0. The molecule has 1 atom stereocenters. The van der Waals surface area contributed by atoms with Crippen LogP contribution in [0.1, 0.15) is 84.8 Å². The van der Waals surface area contributed by atoms with Crippen LogP contribution in [0, 0.1) is 26.7 Å². The predicted octanol–water partition coefficient (Wildman–Crippen LogP) is 10.1. The van der Waals surface area contributed by atoms with Gasteiger partial charge in [-0.25, -0.2) is 0 Å². The van der Waals surface area contributed by atoms with Gasteiger partial charge < -0.3 is 9.13 Å². The first-order chi connectivity index (χ1) is 20.0. The van der Waals surface area contributed by atoms with E-state index in [1.807, 2.05) is 0 Å². The molecular formula is C40H38N2. The van der Waals surface area contributed by atoms with Crippen LogP contribution in [0.25, 0.3) is 50.2 Å². The van der Waals surface area contributed by atoms with Crippen molar-refractivity contribution in [3.8, 4) is 11.4 Å². The monoisotopic (exact) mass is 546 g/mol. The van der Waals surface area contributed by atoms with Crippen molar-refractivity contribution in [2.45, 2.75) is 72.6 Å². The van der Waals surface area contributed by atoms with Gasteiger partial charge in [-0.2, -0.15) is 0 Å². The molecule has 0 saturated carbocycles. The lowest BCUT2D eigenvalue weighted by Crippen LogP contribution is -2.31. The number of benzene rings is 4. The molecule has 1 aliphatic carbocycles. The predicted molar refractivity (Wildman–Crippen MR) is 178 cm³/mol. The quantitative estimate of drug-likeness (QED) is 0.179. The normalized spacial score (nSPS) is 18.9. The molecule has 6 aromatic rings. The van der Waals surface area contributed by atoms with E-state index >= 15 is 0 Å². The SMILES string of the molecule is Cc1cc2c3c(c1)c1c(n3-c3cc4c(cc3C2(C)C)-n2c3ccc(C)cc3c3cc(C)cc(c32)C4(C)C)C=CC(C)C1. The van der Waals surface area contributed by atoms with Crippen molar-refractivity contribution in [2.75, 3.05) is 0 Å². The summed E-state index contributed by atoms with van der Waals surface area (Å²) in [5.74, 6) is 0.559. The molecule has 2 aromatic heterocycles. The van der Waals surface area contributed by atoms with Gasteiger partial charge in [-0.1, -0.05) is 75.6 Å². The van der Waals surface area contributed by atoms with E-state index in [9.17, 15) is 0 Å². The summed E-state index contributed by atoms with van der Waals surface area (Å²) < 4.78 is 5.21. The summed E-state index contributed by atoms with van der Waals surface area (Å²) in [6.45, 7) is 18.8. The fourth-order valence-corrected chi connectivity index (χ4v) is 8.78. The Morgan fingerprint density at radius 3 is 1.86 bits per heavy atom. The van der Waals surface area contributed by atoms with Crippen LogP contribution in [0.3, 0.4) is 0 Å². The first-order valence-electron chi connectivity index (χ1n) is 15.6. The van der Waals surface area contributed by atoms with E-state index in [1.165, 1.54) is 94.3 Å². The topological polar surface area (TPSA) is 9.86 Å². The van der Waals surface area contributed by atoms with Crippen LogP contribution < -0.4 is 0 Å². The molecule has 2 aliphatic heterocycles. The van der Waals surface area contributed by atoms with Gasteiger partial charge >= 0.3 is 0 Å². The second kappa shape index (κ2) is 7.48. The van der Waals surface area contributed by atoms with Crippen LogP contribution in [0.5, 0.6) is 0 Å². The molecule has 2 nitrogen and oxygen atoms in total. The number of rotatable bonds is 0. The van der Waals surface area contributed by atoms with Gasteiger partial charge in [-0.05, 0) is 103 Å². The molecule has 1 unspecified atom stereocenters. The third kappa shape index (κ3) is 2.77. The van der Waals surface area contributed by atoms with Gasteiger partial charge in [0.05, 0.1) is 27.9 Å². The number of aromatic nitrogens is 2. The van der Waals surface area contributed by atoms with Gasteiger partial charge in [-0.3, -0.25) is 0 Å². The van der Waals surface area contributed by atoms with Crippen molar-refractivity contribution in [3.05, 3.63) is 111 Å². The largest absolute Gasteiger partial charge is 0.309 e. The Bertz CT molecular complexity index is 2260. The van der Waals surface area contributed by atoms with E-state index in [2.05, 4.69) is 131 Å². The van der Waals surface area contributed by atoms with Gasteiger partial charge in [0, 0.05) is 32.7 Å². The van der Waals surface area contributed by atoms with E-state index in [4.69, 9.17) is 0 Å². The van der Waals surface area contributed by atoms with E-state index in [1.54, 1.807) is 0 Å². The molecule has 0 radical (unpaired) electrons. The summed E-state index contributed by atoms with van der Waals surface area (Å²) in [5.41, 5.74) is 19.1. The van der Waals surface area contributed by atoms with E-state index in [-0.39, 0.29) is 10.8 Å². The Morgan fingerprint density at radius 1 is 0.619 bits per heavy atom. The summed E-state index contributed by atoms with van der Waals surface area (Å²) in [6, 6.07) is 21.9. The first-order valence-corrected chi connectivity index (χ1v) is 15.6. The zero-order chi connectivity index (χ0) is 29.0. The number of hydrogen-bond donors (Lipinski definition) is 0. The van der Waals surface area contributed by atoms with Crippen molar-refractivity contribution < 1.29 is 0 Å². The molecule has 208 valence electrons. The molecule has 0 N–H and O–H groups in total. The maximum Gasteiger partial charge on any atom is 0.0582 e. The highest BCUT2D eigenvalue weighted by Crippen LogP contribution is 2.54. The lowest BCUT2D eigenvalue weighted by Gasteiger charge is -2.40. The molecule has 2 heteroatoms. The van der Waals surface area contributed by atoms with Gasteiger partial charge in [0.15, 0.2) is 0 Å². The van der Waals surface area contributed by atoms with Crippen molar-refractivity contribution in [1.29, 1.82) is 0 Å². The molecule has 0 fully saturated rings. The number of nitrogens with zero attached hydrogens (tertiary/aromatic N) is 2. The summed E-state index contributed by atoms with van der Waals surface area (Å²) in [6.07, 6.45) is 5.91. The second-order valence-electron chi connectivity index (χ2n) is 14.6. The minimum Gasteiger partial charge on any atom is -0.309 e. The maximum absolute atomic E-state index is 2.62. The number of allylic oxidation sites excluding steroid dienone is 1. The first kappa shape index (κ1) is 24.5. The third-order valence-corrected chi connectivity index (χ3v) is 10.9. The Hall–Kier alpha value is -4.04. The average molecular weight is 547 g/mol. The minimum atomic E-state index is -0.136. The lowest BCUT2D eigenvalue weighted by molar-refractivity contribution is 0.608. The number of fused-ring (bicyclic) bond motifs is 10. The molecule has 0 spiro atoms. The smallest absolute Gasteiger partial charge is 0.0582 e. The van der Waals surface area contributed by atoms with Crippen molar-refractivity contribution in [2.24, 2.45) is 5.92 Å². The summed E-state index contributed by atoms with van der Waals surface area (Å²) in [5, 5.41) is 4.18. The highest BCUT2D eigenvalue weighted by Gasteiger charge is 2.42. The van der Waals surface area contributed by atoms with Crippen molar-refractivity contribution >= 4 is 38.8 Å². The molecular weight excluding hydrogens is 508 g/mol. The highest BCUT2D eigenvalue weighted by atomic mass is 15.0. The van der Waals surface area contributed by atoms with E-state index < -0.39 is 0 Å². The second-order valence-corrected chi connectivity index (χ2v) is 14.6. The van der Waals surface area contributed by atoms with Crippen LogP contribution in [0.2, 0.25) is 0 Å². The Labute approximate surface area is 248 Å². The molecule has 4 aromatic carbocycles. The molecule has 9 rings (SSSR count). The minimum absolute atomic E-state index is 0.128. The van der Waals surface area contributed by atoms with Gasteiger partial charge in [-0.15, -0.1) is 0 Å². The molecule has 0 amide bonds. The number of hydrogen-bond acceptors (Lipinski definition) is 0. The van der Waals surface area contributed by atoms with Crippen LogP contribution in [0.15, 0.2) is 60.7 Å². The van der Waals surface area contributed by atoms with Gasteiger partial charge in [0.25, 0.3) is 0 Å². The highest BCUT2D eigenvalue weighted by molar-refractivity contribution is 6.12. The average Bonchev–Trinajstić information content (AvgIpc) is 3.42. The molecule has 3 aliphatic rings. The summed E-state index contributed by atoms with van der Waals surface area (Å²) >= 11 is 0. The zero-order valence-corrected chi connectivity index (χ0v) is 26.0. The fourth-order valence-electron chi connectivity index (χ4n) is 8.78. The zero-order valence-electron chi connectivity index (χ0n) is 26.0. The van der Waals surface area contributed by atoms with Gasteiger partial charge in [0.2, 0.25) is 0 Å². The van der Waals surface area contributed by atoms with E-state index in [0.29, 0.717) is 5.92 Å². The number of aryl methyl sites for hydroxylation is 3. The standard InChI is InChI=1S/C40H38N2/c1-21-9-11-33-25(13-21)27-15-23(3)17-31-37(27)41(33)35-19-30-36(20-29(35)39(31,5)6)42-34-12-10-22(2)14-26(34)28-16-24(4)18-32(38(28)42)40(30,7)8/h9-13,15-20,22H,14H2,1-8H3. The lowest BCUT2D eigenvalue weighted by atomic mass is 9.70. The van der Waals surface area contributed by atoms with Crippen LogP contribution >= 0.6 is 0 Å². The molecule has 0 saturated heterocycles. The van der Waals surface area contributed by atoms with Crippen LogP contribution in [0.4, 0.5) is 0 Å². The molecule has 42 heavy (non-hydrogen) atoms. The third-order valence-electron chi connectivity index (χ3n) is 10.9. The Kier molecular flexibility index (Phi) is 4.37.